The Bertz CT molecular complexity index is 2740. The molecule has 10 rings (SSSR count). The van der Waals surface area contributed by atoms with E-state index in [0.717, 1.165) is 24.2 Å². The number of anilines is 2. The van der Waals surface area contributed by atoms with Gasteiger partial charge >= 0.3 is 0 Å². The molecule has 0 radical (unpaired) electrons. The molecule has 0 atom stereocenters. The van der Waals surface area contributed by atoms with Crippen molar-refractivity contribution < 1.29 is 0 Å². The Kier molecular flexibility index (Phi) is 6.69. The van der Waals surface area contributed by atoms with E-state index in [4.69, 9.17) is 0 Å². The van der Waals surface area contributed by atoms with E-state index < -0.39 is 0 Å². The van der Waals surface area contributed by atoms with Crippen molar-refractivity contribution >= 4 is 44.0 Å². The van der Waals surface area contributed by atoms with E-state index in [-0.39, 0.29) is 5.41 Å². The molecule has 2 heteroatoms. The van der Waals surface area contributed by atoms with E-state index in [2.05, 4.69) is 188 Å². The molecule has 0 saturated heterocycles. The van der Waals surface area contributed by atoms with Crippen molar-refractivity contribution in [1.29, 1.82) is 0 Å². The highest BCUT2D eigenvalue weighted by molar-refractivity contribution is 6.14. The van der Waals surface area contributed by atoms with Gasteiger partial charge in [0, 0.05) is 28.5 Å². The lowest BCUT2D eigenvalue weighted by Gasteiger charge is -2.23. The lowest BCUT2D eigenvalue weighted by molar-refractivity contribution is 0.661. The first-order chi connectivity index (χ1) is 25.0. The fourth-order valence-corrected chi connectivity index (χ4v) is 8.52. The number of nitrogens with zero attached hydrogens (tertiary/aromatic N) is 1. The molecule has 6 aromatic carbocycles. The van der Waals surface area contributed by atoms with E-state index >= 15 is 0 Å². The molecule has 0 fully saturated rings. The predicted octanol–water partition coefficient (Wildman–Crippen LogP) is 13.4. The summed E-state index contributed by atoms with van der Waals surface area (Å²) in [6.07, 6.45) is 11.3. The maximum absolute atomic E-state index is 3.71. The van der Waals surface area contributed by atoms with Gasteiger partial charge in [0.05, 0.1) is 5.69 Å². The van der Waals surface area contributed by atoms with Gasteiger partial charge in [0.2, 0.25) is 0 Å². The second-order valence-electron chi connectivity index (χ2n) is 14.6. The van der Waals surface area contributed by atoms with Crippen LogP contribution >= 0.6 is 0 Å². The minimum absolute atomic E-state index is 0.130. The Morgan fingerprint density at radius 2 is 1.27 bits per heavy atom. The number of fused-ring (bicyclic) bond motifs is 7. The van der Waals surface area contributed by atoms with Crippen LogP contribution in [0.1, 0.15) is 43.4 Å². The predicted molar refractivity (Wildman–Crippen MR) is 217 cm³/mol. The molecule has 0 aliphatic heterocycles. The number of benzene rings is 6. The molecule has 0 unspecified atom stereocenters. The third kappa shape index (κ3) is 4.86. The van der Waals surface area contributed by atoms with Gasteiger partial charge in [-0.15, -0.1) is 0 Å². The Balaban J connectivity index is 0.933. The number of hydrogen-bond acceptors (Lipinski definition) is 1. The molecular formula is C49H38N2. The molecule has 0 saturated carbocycles. The van der Waals surface area contributed by atoms with Crippen LogP contribution in [0, 0.1) is 0 Å². The normalized spacial score (nSPS) is 14.5. The molecular weight excluding hydrogens is 617 g/mol. The van der Waals surface area contributed by atoms with Crippen LogP contribution in [0.2, 0.25) is 0 Å². The molecule has 8 aromatic rings. The fourth-order valence-electron chi connectivity index (χ4n) is 8.52. The summed E-state index contributed by atoms with van der Waals surface area (Å²) in [7, 11) is 0. The van der Waals surface area contributed by atoms with E-state index in [1.165, 1.54) is 82.8 Å². The van der Waals surface area contributed by atoms with Crippen LogP contribution in [0.3, 0.4) is 0 Å². The largest absolute Gasteiger partial charge is 0.356 e. The monoisotopic (exact) mass is 654 g/mol. The van der Waals surface area contributed by atoms with Crippen LogP contribution in [0.5, 0.6) is 0 Å². The van der Waals surface area contributed by atoms with Crippen molar-refractivity contribution in [3.05, 3.63) is 181 Å². The van der Waals surface area contributed by atoms with Crippen LogP contribution < -0.4 is 5.32 Å². The van der Waals surface area contributed by atoms with Gasteiger partial charge in [-0.1, -0.05) is 111 Å². The minimum Gasteiger partial charge on any atom is -0.356 e. The van der Waals surface area contributed by atoms with E-state index in [1.807, 2.05) is 0 Å². The average molecular weight is 655 g/mol. The summed E-state index contributed by atoms with van der Waals surface area (Å²) in [5.74, 6) is 0. The Morgan fingerprint density at radius 1 is 0.549 bits per heavy atom. The zero-order valence-electron chi connectivity index (χ0n) is 28.9. The molecule has 2 nitrogen and oxygen atoms in total. The van der Waals surface area contributed by atoms with E-state index in [0.29, 0.717) is 0 Å². The number of aromatic nitrogens is 1. The highest BCUT2D eigenvalue weighted by Crippen LogP contribution is 2.51. The highest BCUT2D eigenvalue weighted by Gasteiger charge is 2.36. The van der Waals surface area contributed by atoms with Gasteiger partial charge < -0.3 is 9.72 Å². The van der Waals surface area contributed by atoms with Crippen molar-refractivity contribution in [2.45, 2.75) is 32.1 Å². The van der Waals surface area contributed by atoms with Crippen LogP contribution in [0.15, 0.2) is 164 Å². The quantitative estimate of drug-likeness (QED) is 0.183. The van der Waals surface area contributed by atoms with Crippen molar-refractivity contribution in [3.8, 4) is 33.5 Å². The van der Waals surface area contributed by atoms with Gasteiger partial charge in [0.15, 0.2) is 0 Å². The Labute approximate surface area is 299 Å². The first-order valence-electron chi connectivity index (χ1n) is 18.1. The minimum atomic E-state index is -0.130. The van der Waals surface area contributed by atoms with E-state index in [1.54, 1.807) is 0 Å². The summed E-state index contributed by atoms with van der Waals surface area (Å²) in [6, 6.07) is 51.6. The molecule has 2 aliphatic carbocycles. The molecule has 2 aromatic heterocycles. The Morgan fingerprint density at radius 3 is 2.10 bits per heavy atom. The molecule has 51 heavy (non-hydrogen) atoms. The average Bonchev–Trinajstić information content (AvgIpc) is 3.70. The second kappa shape index (κ2) is 11.5. The maximum atomic E-state index is 3.71. The summed E-state index contributed by atoms with van der Waals surface area (Å²) in [4.78, 5) is 0. The van der Waals surface area contributed by atoms with Gasteiger partial charge in [-0.05, 0) is 145 Å². The SMILES string of the molecule is CC1(C)c2cc(Nc3ccc(-c4ccc5cc(C6=CCCC=C6)ccn45)cc3)ccc2-c2ccc(-c3cc4ccccc4c4ccccc34)cc21. The summed E-state index contributed by atoms with van der Waals surface area (Å²) in [5.41, 5.74) is 16.2. The second-order valence-corrected chi connectivity index (χ2v) is 14.6. The summed E-state index contributed by atoms with van der Waals surface area (Å²) >= 11 is 0. The van der Waals surface area contributed by atoms with Crippen LogP contribution in [0.4, 0.5) is 11.4 Å². The topological polar surface area (TPSA) is 16.4 Å². The van der Waals surface area contributed by atoms with Crippen molar-refractivity contribution in [2.75, 3.05) is 5.32 Å². The number of hydrogen-bond donors (Lipinski definition) is 1. The standard InChI is InChI=1S/C49H38N2/c1-49(2)46-30-36(45-29-35-12-6-7-13-40(35)41-14-8-9-15-42(41)45)18-23-43(46)44-24-21-38(31-47(44)49)50-37-19-16-33(17-20-37)48-25-22-39-28-34(26-27-51(39)48)32-10-4-3-5-11-32/h4,6-31,50H,3,5H2,1-2H3. The smallest absolute Gasteiger partial charge is 0.0528 e. The summed E-state index contributed by atoms with van der Waals surface area (Å²) in [6.45, 7) is 4.73. The molecule has 0 spiro atoms. The molecule has 244 valence electrons. The fraction of sp³-hybridized carbons (Fsp3) is 0.102. The lowest BCUT2D eigenvalue weighted by Crippen LogP contribution is -2.15. The molecule has 2 heterocycles. The Hall–Kier alpha value is -6.12. The summed E-state index contributed by atoms with van der Waals surface area (Å²) < 4.78 is 2.28. The van der Waals surface area contributed by atoms with Gasteiger partial charge in [-0.3, -0.25) is 0 Å². The van der Waals surface area contributed by atoms with Gasteiger partial charge in [-0.25, -0.2) is 0 Å². The highest BCUT2D eigenvalue weighted by atomic mass is 14.9. The third-order valence-corrected chi connectivity index (χ3v) is 11.2. The molecule has 1 N–H and O–H groups in total. The molecule has 2 aliphatic rings. The first kappa shape index (κ1) is 29.8. The zero-order chi connectivity index (χ0) is 34.1. The first-order valence-corrected chi connectivity index (χ1v) is 18.1. The van der Waals surface area contributed by atoms with Gasteiger partial charge in [-0.2, -0.15) is 0 Å². The summed E-state index contributed by atoms with van der Waals surface area (Å²) in [5, 5.41) is 8.89. The number of rotatable bonds is 5. The van der Waals surface area contributed by atoms with Crippen molar-refractivity contribution in [2.24, 2.45) is 0 Å². The van der Waals surface area contributed by atoms with Crippen LogP contribution in [-0.4, -0.2) is 4.40 Å². The number of pyridine rings is 1. The molecule has 0 bridgehead atoms. The van der Waals surface area contributed by atoms with Crippen LogP contribution in [-0.2, 0) is 5.41 Å². The van der Waals surface area contributed by atoms with Crippen molar-refractivity contribution in [3.63, 3.8) is 0 Å². The lowest BCUT2D eigenvalue weighted by atomic mass is 9.81. The number of allylic oxidation sites excluding steroid dienone is 4. The van der Waals surface area contributed by atoms with Gasteiger partial charge in [0.1, 0.15) is 0 Å². The third-order valence-electron chi connectivity index (χ3n) is 11.2. The zero-order valence-corrected chi connectivity index (χ0v) is 28.9. The maximum Gasteiger partial charge on any atom is 0.0528 e. The van der Waals surface area contributed by atoms with Crippen LogP contribution in [0.25, 0.3) is 66.1 Å². The van der Waals surface area contributed by atoms with E-state index in [9.17, 15) is 0 Å². The van der Waals surface area contributed by atoms with Crippen molar-refractivity contribution in [1.82, 2.24) is 4.40 Å². The number of nitrogens with one attached hydrogen (secondary N) is 1. The van der Waals surface area contributed by atoms with Gasteiger partial charge in [0.25, 0.3) is 0 Å². The molecule has 0 amide bonds.